The lowest BCUT2D eigenvalue weighted by molar-refractivity contribution is 0.261. The molecule has 1 aliphatic heterocycles. The molecule has 0 radical (unpaired) electrons. The van der Waals surface area contributed by atoms with E-state index in [0.29, 0.717) is 5.13 Å². The standard InChI is InChI=1S/C23H24FN3S/c24-20-8-6-19(7-9-20)22-21(28-23(25)26-22)12-15-27-13-10-18(11-14-27)16-17-4-2-1-3-5-17/h1-9,16H,10-15H2,(H2,25,26). The Morgan fingerprint density at radius 2 is 1.75 bits per heavy atom. The van der Waals surface area contributed by atoms with Crippen molar-refractivity contribution in [1.82, 2.24) is 9.88 Å². The summed E-state index contributed by atoms with van der Waals surface area (Å²) >= 11 is 1.54. The van der Waals surface area contributed by atoms with E-state index in [-0.39, 0.29) is 5.82 Å². The molecule has 0 unspecified atom stereocenters. The van der Waals surface area contributed by atoms with Gasteiger partial charge in [0.1, 0.15) is 5.82 Å². The highest BCUT2D eigenvalue weighted by Crippen LogP contribution is 2.30. The van der Waals surface area contributed by atoms with Crippen LogP contribution >= 0.6 is 11.3 Å². The van der Waals surface area contributed by atoms with Crippen LogP contribution in [0.2, 0.25) is 0 Å². The fourth-order valence-corrected chi connectivity index (χ4v) is 4.47. The normalized spacial score (nSPS) is 15.0. The van der Waals surface area contributed by atoms with Gasteiger partial charge in [-0.3, -0.25) is 0 Å². The van der Waals surface area contributed by atoms with Crippen molar-refractivity contribution in [3.63, 3.8) is 0 Å². The van der Waals surface area contributed by atoms with E-state index >= 15 is 0 Å². The molecule has 1 aliphatic rings. The molecule has 5 heteroatoms. The smallest absolute Gasteiger partial charge is 0.180 e. The van der Waals surface area contributed by atoms with Gasteiger partial charge in [0, 0.05) is 30.1 Å². The van der Waals surface area contributed by atoms with Gasteiger partial charge in [-0.15, -0.1) is 11.3 Å². The van der Waals surface area contributed by atoms with Gasteiger partial charge in [-0.05, 0) is 49.1 Å². The van der Waals surface area contributed by atoms with Crippen LogP contribution in [-0.2, 0) is 6.42 Å². The number of nitrogens with zero attached hydrogens (tertiary/aromatic N) is 2. The molecule has 144 valence electrons. The highest BCUT2D eigenvalue weighted by molar-refractivity contribution is 7.15. The van der Waals surface area contributed by atoms with Crippen LogP contribution in [-0.4, -0.2) is 29.5 Å². The predicted octanol–water partition coefficient (Wildman–Crippen LogP) is 5.25. The maximum absolute atomic E-state index is 13.2. The van der Waals surface area contributed by atoms with Crippen LogP contribution in [0.1, 0.15) is 23.3 Å². The number of hydrogen-bond donors (Lipinski definition) is 1. The highest BCUT2D eigenvalue weighted by Gasteiger charge is 2.17. The average molecular weight is 394 g/mol. The zero-order valence-corrected chi connectivity index (χ0v) is 16.6. The monoisotopic (exact) mass is 393 g/mol. The van der Waals surface area contributed by atoms with Crippen molar-refractivity contribution in [3.8, 4) is 11.3 Å². The van der Waals surface area contributed by atoms with Crippen LogP contribution in [0.15, 0.2) is 60.2 Å². The summed E-state index contributed by atoms with van der Waals surface area (Å²) in [5.41, 5.74) is 10.6. The molecule has 0 amide bonds. The van der Waals surface area contributed by atoms with Gasteiger partial charge >= 0.3 is 0 Å². The number of rotatable bonds is 5. The largest absolute Gasteiger partial charge is 0.375 e. The summed E-state index contributed by atoms with van der Waals surface area (Å²) in [6.07, 6.45) is 5.47. The minimum atomic E-state index is -0.235. The average Bonchev–Trinajstić information content (AvgIpc) is 3.09. The molecule has 0 spiro atoms. The Morgan fingerprint density at radius 1 is 1.04 bits per heavy atom. The molecule has 1 aromatic heterocycles. The second kappa shape index (κ2) is 8.67. The Balaban J connectivity index is 1.36. The molecule has 3 aromatic rings. The van der Waals surface area contributed by atoms with E-state index in [9.17, 15) is 4.39 Å². The first-order valence-corrected chi connectivity index (χ1v) is 10.5. The topological polar surface area (TPSA) is 42.1 Å². The first kappa shape index (κ1) is 18.8. The zero-order valence-electron chi connectivity index (χ0n) is 15.8. The molecule has 1 fully saturated rings. The molecule has 0 atom stereocenters. The fraction of sp³-hybridized carbons (Fsp3) is 0.261. The number of aromatic nitrogens is 1. The number of nitrogen functional groups attached to an aromatic ring is 1. The maximum Gasteiger partial charge on any atom is 0.180 e. The summed E-state index contributed by atoms with van der Waals surface area (Å²) in [5, 5.41) is 0.570. The highest BCUT2D eigenvalue weighted by atomic mass is 32.1. The van der Waals surface area contributed by atoms with E-state index in [1.165, 1.54) is 39.5 Å². The van der Waals surface area contributed by atoms with Gasteiger partial charge in [0.15, 0.2) is 5.13 Å². The summed E-state index contributed by atoms with van der Waals surface area (Å²) in [7, 11) is 0. The van der Waals surface area contributed by atoms with Gasteiger partial charge in [0.05, 0.1) is 5.69 Å². The van der Waals surface area contributed by atoms with E-state index in [1.807, 2.05) is 0 Å². The van der Waals surface area contributed by atoms with E-state index < -0.39 is 0 Å². The molecule has 0 aliphatic carbocycles. The third-order valence-corrected chi connectivity index (χ3v) is 6.10. The van der Waals surface area contributed by atoms with Crippen LogP contribution in [0.25, 0.3) is 17.3 Å². The zero-order chi connectivity index (χ0) is 19.3. The molecular weight excluding hydrogens is 369 g/mol. The molecule has 4 rings (SSSR count). The number of benzene rings is 2. The van der Waals surface area contributed by atoms with Crippen molar-refractivity contribution in [2.75, 3.05) is 25.4 Å². The molecule has 2 N–H and O–H groups in total. The van der Waals surface area contributed by atoms with E-state index in [4.69, 9.17) is 5.73 Å². The Bertz CT molecular complexity index is 938. The van der Waals surface area contributed by atoms with E-state index in [1.54, 1.807) is 12.1 Å². The number of anilines is 1. The molecule has 0 bridgehead atoms. The Labute approximate surface area is 169 Å². The minimum absolute atomic E-state index is 0.235. The number of piperidine rings is 1. The quantitative estimate of drug-likeness (QED) is 0.643. The summed E-state index contributed by atoms with van der Waals surface area (Å²) in [5.74, 6) is -0.235. The molecule has 2 aromatic carbocycles. The van der Waals surface area contributed by atoms with Gasteiger partial charge in [0.25, 0.3) is 0 Å². The van der Waals surface area contributed by atoms with Gasteiger partial charge < -0.3 is 10.6 Å². The number of nitrogens with two attached hydrogens (primary N) is 1. The lowest BCUT2D eigenvalue weighted by Crippen LogP contribution is -2.32. The number of hydrogen-bond acceptors (Lipinski definition) is 4. The van der Waals surface area contributed by atoms with Gasteiger partial charge in [-0.1, -0.05) is 42.0 Å². The van der Waals surface area contributed by atoms with Crippen LogP contribution in [0.4, 0.5) is 9.52 Å². The summed E-state index contributed by atoms with van der Waals surface area (Å²) in [6, 6.07) is 17.0. The summed E-state index contributed by atoms with van der Waals surface area (Å²) < 4.78 is 13.2. The second-order valence-electron chi connectivity index (χ2n) is 7.14. The summed E-state index contributed by atoms with van der Waals surface area (Å²) in [4.78, 5) is 8.16. The third kappa shape index (κ3) is 4.66. The Hall–Kier alpha value is -2.50. The minimum Gasteiger partial charge on any atom is -0.375 e. The molecule has 2 heterocycles. The number of thiazole rings is 1. The molecular formula is C23H24FN3S. The lowest BCUT2D eigenvalue weighted by Gasteiger charge is -2.28. The molecule has 3 nitrogen and oxygen atoms in total. The van der Waals surface area contributed by atoms with Crippen molar-refractivity contribution in [3.05, 3.63) is 76.4 Å². The van der Waals surface area contributed by atoms with E-state index in [2.05, 4.69) is 46.3 Å². The predicted molar refractivity (Wildman–Crippen MR) is 116 cm³/mol. The Morgan fingerprint density at radius 3 is 2.46 bits per heavy atom. The first-order chi connectivity index (χ1) is 13.7. The van der Waals surface area contributed by atoms with Crippen LogP contribution in [0, 0.1) is 5.82 Å². The summed E-state index contributed by atoms with van der Waals surface area (Å²) in [6.45, 7) is 3.16. The van der Waals surface area contributed by atoms with Crippen LogP contribution in [0.5, 0.6) is 0 Å². The molecule has 0 saturated carbocycles. The number of halogens is 1. The van der Waals surface area contributed by atoms with Crippen LogP contribution < -0.4 is 5.73 Å². The van der Waals surface area contributed by atoms with Crippen molar-refractivity contribution >= 4 is 22.5 Å². The maximum atomic E-state index is 13.2. The van der Waals surface area contributed by atoms with Crippen molar-refractivity contribution in [1.29, 1.82) is 0 Å². The Kier molecular flexibility index (Phi) is 5.84. The first-order valence-electron chi connectivity index (χ1n) is 9.65. The lowest BCUT2D eigenvalue weighted by atomic mass is 10.0. The second-order valence-corrected chi connectivity index (χ2v) is 8.25. The van der Waals surface area contributed by atoms with Gasteiger partial charge in [-0.25, -0.2) is 9.37 Å². The SMILES string of the molecule is Nc1nc(-c2ccc(F)cc2)c(CCN2CCC(=Cc3ccccc3)CC2)s1. The van der Waals surface area contributed by atoms with Gasteiger partial charge in [-0.2, -0.15) is 0 Å². The van der Waals surface area contributed by atoms with Crippen molar-refractivity contribution in [2.24, 2.45) is 0 Å². The number of likely N-dealkylation sites (tertiary alicyclic amines) is 1. The van der Waals surface area contributed by atoms with Crippen LogP contribution in [0.3, 0.4) is 0 Å². The molecule has 28 heavy (non-hydrogen) atoms. The van der Waals surface area contributed by atoms with Crippen molar-refractivity contribution < 1.29 is 4.39 Å². The van der Waals surface area contributed by atoms with Gasteiger partial charge in [0.2, 0.25) is 0 Å². The molecule has 1 saturated heterocycles. The van der Waals surface area contributed by atoms with E-state index in [0.717, 1.165) is 50.2 Å². The van der Waals surface area contributed by atoms with Crippen molar-refractivity contribution in [2.45, 2.75) is 19.3 Å². The third-order valence-electron chi connectivity index (χ3n) is 5.16. The fourth-order valence-electron chi connectivity index (χ4n) is 3.63.